The number of carbonyl (C=O) groups excluding carboxylic acids is 1. The van der Waals surface area contributed by atoms with Gasteiger partial charge in [-0.3, -0.25) is 0 Å². The van der Waals surface area contributed by atoms with Crippen LogP contribution in [0.2, 0.25) is 0 Å². The number of rotatable bonds is 0. The van der Waals surface area contributed by atoms with Crippen molar-refractivity contribution in [3.63, 3.8) is 0 Å². The van der Waals surface area contributed by atoms with Crippen molar-refractivity contribution in [2.75, 3.05) is 0 Å². The van der Waals surface area contributed by atoms with Crippen molar-refractivity contribution in [3.05, 3.63) is 30.0 Å². The van der Waals surface area contributed by atoms with Gasteiger partial charge >= 0.3 is 6.03 Å². The Hall–Kier alpha value is -1.84. The van der Waals surface area contributed by atoms with E-state index in [0.717, 1.165) is 11.1 Å². The predicted octanol–water partition coefficient (Wildman–Crippen LogP) is 1.07. The zero-order chi connectivity index (χ0) is 9.42. The molecule has 0 aliphatic heterocycles. The van der Waals surface area contributed by atoms with Crippen LogP contribution >= 0.6 is 0 Å². The summed E-state index contributed by atoms with van der Waals surface area (Å²) in [6.45, 7) is 1.84. The first-order valence-corrected chi connectivity index (χ1v) is 3.85. The number of nitrogens with two attached hydrogens (primary N) is 1. The number of nitrogens with zero attached hydrogens (tertiary/aromatic N) is 2. The number of benzene rings is 1. The summed E-state index contributed by atoms with van der Waals surface area (Å²) in [7, 11) is 0. The fourth-order valence-electron chi connectivity index (χ4n) is 1.33. The van der Waals surface area contributed by atoms with Crippen LogP contribution in [0.3, 0.4) is 0 Å². The van der Waals surface area contributed by atoms with Crippen molar-refractivity contribution in [1.29, 1.82) is 0 Å². The van der Waals surface area contributed by atoms with E-state index in [2.05, 4.69) is 11.2 Å². The van der Waals surface area contributed by atoms with Crippen LogP contribution in [0.25, 0.3) is 10.9 Å². The Bertz CT molecular complexity index is 473. The summed E-state index contributed by atoms with van der Waals surface area (Å²) in [6.07, 6.45) is 0. The molecule has 1 aromatic heterocycles. The maximum atomic E-state index is 10.9. The standard InChI is InChI=1S/C9H8N3O/c1-6-7-4-2-3-5-8(7)12(11-6)9(10)13/h2,4-5H,1H3,(H2,10,13). The minimum absolute atomic E-state index is 0.572. The van der Waals surface area contributed by atoms with E-state index in [1.807, 2.05) is 13.0 Å². The van der Waals surface area contributed by atoms with Gasteiger partial charge in [0.1, 0.15) is 0 Å². The molecule has 4 nitrogen and oxygen atoms in total. The van der Waals surface area contributed by atoms with Crippen molar-refractivity contribution in [2.45, 2.75) is 6.92 Å². The predicted molar refractivity (Wildman–Crippen MR) is 48.3 cm³/mol. The molecule has 2 aromatic rings. The third kappa shape index (κ3) is 1.07. The van der Waals surface area contributed by atoms with Gasteiger partial charge in [-0.25, -0.2) is 4.79 Å². The molecule has 0 atom stereocenters. The number of amides is 1. The van der Waals surface area contributed by atoms with E-state index in [9.17, 15) is 4.79 Å². The number of fused-ring (bicyclic) bond motifs is 1. The monoisotopic (exact) mass is 174 g/mol. The molecule has 0 saturated carbocycles. The highest BCUT2D eigenvalue weighted by atomic mass is 16.2. The Morgan fingerprint density at radius 1 is 1.69 bits per heavy atom. The maximum absolute atomic E-state index is 10.9. The van der Waals surface area contributed by atoms with E-state index in [4.69, 9.17) is 5.73 Å². The molecule has 13 heavy (non-hydrogen) atoms. The molecular formula is C9H8N3O. The van der Waals surface area contributed by atoms with Gasteiger partial charge in [-0.2, -0.15) is 9.78 Å². The third-order valence-electron chi connectivity index (χ3n) is 1.92. The fraction of sp³-hybridized carbons (Fsp3) is 0.111. The number of hydrogen-bond acceptors (Lipinski definition) is 2. The zero-order valence-electron chi connectivity index (χ0n) is 7.11. The second kappa shape index (κ2) is 2.58. The second-order valence-electron chi connectivity index (χ2n) is 2.78. The lowest BCUT2D eigenvalue weighted by atomic mass is 10.2. The van der Waals surface area contributed by atoms with Crippen molar-refractivity contribution < 1.29 is 4.79 Å². The molecule has 0 unspecified atom stereocenters. The number of primary amides is 1. The first-order valence-electron chi connectivity index (χ1n) is 3.85. The second-order valence-corrected chi connectivity index (χ2v) is 2.78. The van der Waals surface area contributed by atoms with Crippen molar-refractivity contribution in [3.8, 4) is 0 Å². The van der Waals surface area contributed by atoms with Gasteiger partial charge in [0.25, 0.3) is 0 Å². The minimum atomic E-state index is -0.572. The SMILES string of the molecule is Cc1nn(C(N)=O)c2c[c]ccc12. The summed E-state index contributed by atoms with van der Waals surface area (Å²) in [4.78, 5) is 10.9. The molecule has 65 valence electrons. The normalized spacial score (nSPS) is 10.5. The van der Waals surface area contributed by atoms with Gasteiger partial charge in [-0.05, 0) is 19.1 Å². The summed E-state index contributed by atoms with van der Waals surface area (Å²) in [6, 6.07) is 7.64. The highest BCUT2D eigenvalue weighted by Crippen LogP contribution is 2.16. The third-order valence-corrected chi connectivity index (χ3v) is 1.92. The van der Waals surface area contributed by atoms with Crippen LogP contribution in [-0.2, 0) is 0 Å². The van der Waals surface area contributed by atoms with Crippen LogP contribution in [-0.4, -0.2) is 15.8 Å². The molecule has 0 fully saturated rings. The van der Waals surface area contributed by atoms with Gasteiger partial charge in [0, 0.05) is 5.39 Å². The average Bonchev–Trinajstić information content (AvgIpc) is 2.45. The summed E-state index contributed by atoms with van der Waals surface area (Å²) in [5.74, 6) is 0. The van der Waals surface area contributed by atoms with Gasteiger partial charge in [0.2, 0.25) is 0 Å². The van der Waals surface area contributed by atoms with Crippen molar-refractivity contribution in [2.24, 2.45) is 5.73 Å². The molecule has 1 aromatic carbocycles. The lowest BCUT2D eigenvalue weighted by Crippen LogP contribution is -2.20. The van der Waals surface area contributed by atoms with E-state index in [1.54, 1.807) is 12.1 Å². The molecule has 1 heterocycles. The van der Waals surface area contributed by atoms with Gasteiger partial charge in [0.05, 0.1) is 11.2 Å². The van der Waals surface area contributed by atoms with E-state index >= 15 is 0 Å². The van der Waals surface area contributed by atoms with Gasteiger partial charge < -0.3 is 5.73 Å². The largest absolute Gasteiger partial charge is 0.350 e. The number of aromatic nitrogens is 2. The molecule has 0 saturated heterocycles. The Morgan fingerprint density at radius 3 is 3.15 bits per heavy atom. The Kier molecular flexibility index (Phi) is 1.55. The molecule has 0 bridgehead atoms. The zero-order valence-corrected chi connectivity index (χ0v) is 7.11. The number of aryl methyl sites for hydroxylation is 1. The fourth-order valence-corrected chi connectivity index (χ4v) is 1.33. The quantitative estimate of drug-likeness (QED) is 0.649. The van der Waals surface area contributed by atoms with E-state index in [-0.39, 0.29) is 0 Å². The van der Waals surface area contributed by atoms with E-state index < -0.39 is 6.03 Å². The van der Waals surface area contributed by atoms with Gasteiger partial charge in [-0.1, -0.05) is 12.1 Å². The molecule has 1 radical (unpaired) electrons. The van der Waals surface area contributed by atoms with Crippen LogP contribution in [0.15, 0.2) is 18.2 Å². The Morgan fingerprint density at radius 2 is 2.46 bits per heavy atom. The highest BCUT2D eigenvalue weighted by Gasteiger charge is 2.08. The maximum Gasteiger partial charge on any atom is 0.340 e. The topological polar surface area (TPSA) is 60.9 Å². The summed E-state index contributed by atoms with van der Waals surface area (Å²) in [5.41, 5.74) is 6.64. The lowest BCUT2D eigenvalue weighted by Gasteiger charge is -1.94. The molecule has 1 amide bonds. The van der Waals surface area contributed by atoms with Crippen molar-refractivity contribution in [1.82, 2.24) is 9.78 Å². The first-order chi connectivity index (χ1) is 6.20. The Balaban J connectivity index is 2.85. The molecule has 0 aliphatic rings. The summed E-state index contributed by atoms with van der Waals surface area (Å²) >= 11 is 0. The lowest BCUT2D eigenvalue weighted by molar-refractivity contribution is 0.248. The van der Waals surface area contributed by atoms with Crippen LogP contribution < -0.4 is 5.73 Å². The van der Waals surface area contributed by atoms with Gasteiger partial charge in [-0.15, -0.1) is 0 Å². The van der Waals surface area contributed by atoms with Crippen LogP contribution in [0.1, 0.15) is 5.69 Å². The summed E-state index contributed by atoms with van der Waals surface area (Å²) < 4.78 is 1.18. The van der Waals surface area contributed by atoms with E-state index in [0.29, 0.717) is 5.52 Å². The van der Waals surface area contributed by atoms with Crippen LogP contribution in [0.5, 0.6) is 0 Å². The number of hydrogen-bond donors (Lipinski definition) is 1. The van der Waals surface area contributed by atoms with Crippen LogP contribution in [0, 0.1) is 13.0 Å². The molecule has 0 aliphatic carbocycles. The van der Waals surface area contributed by atoms with Crippen LogP contribution in [0.4, 0.5) is 4.79 Å². The highest BCUT2D eigenvalue weighted by molar-refractivity contribution is 5.90. The average molecular weight is 174 g/mol. The molecule has 0 spiro atoms. The smallest absolute Gasteiger partial charge is 0.340 e. The number of carbonyl (C=O) groups is 1. The molecular weight excluding hydrogens is 166 g/mol. The minimum Gasteiger partial charge on any atom is -0.350 e. The molecule has 4 heteroatoms. The van der Waals surface area contributed by atoms with Crippen molar-refractivity contribution >= 4 is 16.9 Å². The van der Waals surface area contributed by atoms with Gasteiger partial charge in [0.15, 0.2) is 0 Å². The summed E-state index contributed by atoms with van der Waals surface area (Å²) in [5, 5.41) is 4.94. The molecule has 2 rings (SSSR count). The van der Waals surface area contributed by atoms with E-state index in [1.165, 1.54) is 4.68 Å². The Labute approximate surface area is 75.0 Å². The first kappa shape index (κ1) is 7.79. The molecule has 2 N–H and O–H groups in total.